The Balaban J connectivity index is 1.74. The van der Waals surface area contributed by atoms with Gasteiger partial charge in [0.05, 0.1) is 19.8 Å². The van der Waals surface area contributed by atoms with Gasteiger partial charge < -0.3 is 24.4 Å². The van der Waals surface area contributed by atoms with Crippen LogP contribution in [-0.4, -0.2) is 62.9 Å². The number of anilines is 1. The van der Waals surface area contributed by atoms with E-state index < -0.39 is 17.9 Å². The van der Waals surface area contributed by atoms with Gasteiger partial charge in [0.25, 0.3) is 5.91 Å². The van der Waals surface area contributed by atoms with Crippen LogP contribution < -0.4 is 15.0 Å². The van der Waals surface area contributed by atoms with Gasteiger partial charge in [0.1, 0.15) is 17.4 Å². The summed E-state index contributed by atoms with van der Waals surface area (Å²) in [6.45, 7) is 6.11. The number of nitrogens with zero attached hydrogens (tertiary/aromatic N) is 2. The van der Waals surface area contributed by atoms with Crippen LogP contribution in [0.2, 0.25) is 0 Å². The number of rotatable bonds is 10. The van der Waals surface area contributed by atoms with E-state index in [9.17, 15) is 9.59 Å². The van der Waals surface area contributed by atoms with Gasteiger partial charge in [-0.15, -0.1) is 0 Å². The van der Waals surface area contributed by atoms with E-state index in [0.717, 1.165) is 18.8 Å². The first kappa shape index (κ1) is 21.4. The van der Waals surface area contributed by atoms with Gasteiger partial charge in [0.2, 0.25) is 5.88 Å². The molecule has 1 saturated carbocycles. The lowest BCUT2D eigenvalue weighted by atomic mass is 10.0. The van der Waals surface area contributed by atoms with Gasteiger partial charge in [-0.3, -0.25) is 4.79 Å². The van der Waals surface area contributed by atoms with E-state index in [4.69, 9.17) is 14.2 Å². The molecule has 1 amide bonds. The number of ether oxygens (including phenoxy) is 3. The summed E-state index contributed by atoms with van der Waals surface area (Å²) in [6, 6.07) is 2.81. The number of pyridine rings is 1. The highest BCUT2D eigenvalue weighted by Gasteiger charge is 2.31. The van der Waals surface area contributed by atoms with Gasteiger partial charge in [-0.05, 0) is 43.2 Å². The highest BCUT2D eigenvalue weighted by Crippen LogP contribution is 2.34. The van der Waals surface area contributed by atoms with Crippen molar-refractivity contribution in [1.82, 2.24) is 10.3 Å². The molecule has 1 aliphatic heterocycles. The van der Waals surface area contributed by atoms with Crippen molar-refractivity contribution in [3.8, 4) is 5.88 Å². The Morgan fingerprint density at radius 2 is 1.97 bits per heavy atom. The van der Waals surface area contributed by atoms with Crippen LogP contribution in [0.5, 0.6) is 5.88 Å². The summed E-state index contributed by atoms with van der Waals surface area (Å²) >= 11 is 0. The first-order valence-electron chi connectivity index (χ1n) is 10.2. The topological polar surface area (TPSA) is 90.0 Å². The zero-order valence-corrected chi connectivity index (χ0v) is 17.6. The number of hydrogen-bond donors (Lipinski definition) is 1. The molecule has 2 heterocycles. The Hall–Kier alpha value is -2.35. The molecular formula is C21H31N3O5. The van der Waals surface area contributed by atoms with E-state index in [1.807, 2.05) is 19.9 Å². The zero-order chi connectivity index (χ0) is 21.0. The minimum absolute atomic E-state index is 0.200. The van der Waals surface area contributed by atoms with Gasteiger partial charge in [0, 0.05) is 20.2 Å². The van der Waals surface area contributed by atoms with E-state index in [1.54, 1.807) is 13.2 Å². The van der Waals surface area contributed by atoms with Crippen LogP contribution in [0.1, 0.15) is 43.6 Å². The molecule has 0 bridgehead atoms. The van der Waals surface area contributed by atoms with Crippen molar-refractivity contribution in [3.63, 3.8) is 0 Å². The van der Waals surface area contributed by atoms with Crippen LogP contribution in [0.3, 0.4) is 0 Å². The predicted octanol–water partition coefficient (Wildman–Crippen LogP) is 2.02. The number of carbonyl (C=O) groups excluding carboxylic acids is 2. The molecule has 0 spiro atoms. The van der Waals surface area contributed by atoms with Gasteiger partial charge in [-0.25, -0.2) is 9.78 Å². The summed E-state index contributed by atoms with van der Waals surface area (Å²) in [5.74, 6) is 0.382. The first-order chi connectivity index (χ1) is 13.9. The number of amides is 1. The highest BCUT2D eigenvalue weighted by atomic mass is 16.5. The molecule has 29 heavy (non-hydrogen) atoms. The molecule has 1 N–H and O–H groups in total. The standard InChI is InChI=1S/C21H31N3O5/c1-13(2)9-17(21(26)28-4)22-19(25)16-7-8-18(24-10-15(11-24)27-3)20(23-16)29-12-14-5-6-14/h7-8,13-15,17H,5-6,9-12H2,1-4H3,(H,22,25)/t17-/m0/s1. The van der Waals surface area contributed by atoms with E-state index in [1.165, 1.54) is 20.0 Å². The summed E-state index contributed by atoms with van der Waals surface area (Å²) in [6.07, 6.45) is 3.03. The summed E-state index contributed by atoms with van der Waals surface area (Å²) in [5, 5.41) is 2.75. The molecule has 1 aliphatic carbocycles. The summed E-state index contributed by atoms with van der Waals surface area (Å²) in [4.78, 5) is 31.4. The van der Waals surface area contributed by atoms with E-state index in [0.29, 0.717) is 24.8 Å². The highest BCUT2D eigenvalue weighted by molar-refractivity contribution is 5.95. The quantitative estimate of drug-likeness (QED) is 0.596. The zero-order valence-electron chi connectivity index (χ0n) is 17.6. The second kappa shape index (κ2) is 9.43. The molecule has 160 valence electrons. The predicted molar refractivity (Wildman–Crippen MR) is 108 cm³/mol. The molecule has 1 aromatic rings. The molecule has 3 rings (SSSR count). The third kappa shape index (κ3) is 5.59. The fourth-order valence-corrected chi connectivity index (χ4v) is 3.23. The number of aromatic nitrogens is 1. The van der Waals surface area contributed by atoms with Crippen molar-refractivity contribution >= 4 is 17.6 Å². The van der Waals surface area contributed by atoms with Crippen molar-refractivity contribution in [1.29, 1.82) is 0 Å². The minimum atomic E-state index is -0.706. The Bertz CT molecular complexity index is 729. The molecular weight excluding hydrogens is 374 g/mol. The van der Waals surface area contributed by atoms with Crippen LogP contribution in [0, 0.1) is 11.8 Å². The Labute approximate surface area is 171 Å². The number of methoxy groups -OCH3 is 2. The maximum atomic E-state index is 12.8. The normalized spacial score (nSPS) is 17.6. The van der Waals surface area contributed by atoms with Crippen molar-refractivity contribution in [2.75, 3.05) is 38.8 Å². The van der Waals surface area contributed by atoms with Crippen molar-refractivity contribution in [2.45, 2.75) is 45.3 Å². The smallest absolute Gasteiger partial charge is 0.328 e. The molecule has 2 aliphatic rings. The molecule has 1 saturated heterocycles. The third-order valence-corrected chi connectivity index (χ3v) is 5.25. The molecule has 0 radical (unpaired) electrons. The fourth-order valence-electron chi connectivity index (χ4n) is 3.23. The summed E-state index contributed by atoms with van der Waals surface area (Å²) in [5.41, 5.74) is 1.09. The summed E-state index contributed by atoms with van der Waals surface area (Å²) in [7, 11) is 3.02. The van der Waals surface area contributed by atoms with Gasteiger partial charge in [-0.2, -0.15) is 0 Å². The summed E-state index contributed by atoms with van der Waals surface area (Å²) < 4.78 is 16.1. The first-order valence-corrected chi connectivity index (χ1v) is 10.2. The lowest BCUT2D eigenvalue weighted by Gasteiger charge is -2.40. The number of hydrogen-bond acceptors (Lipinski definition) is 7. The number of nitrogens with one attached hydrogen (secondary N) is 1. The minimum Gasteiger partial charge on any atom is -0.476 e. The SMILES string of the molecule is COC(=O)[C@H](CC(C)C)NC(=O)c1ccc(N2CC(OC)C2)c(OCC2CC2)n1. The lowest BCUT2D eigenvalue weighted by Crippen LogP contribution is -2.52. The lowest BCUT2D eigenvalue weighted by molar-refractivity contribution is -0.143. The molecule has 1 atom stereocenters. The average Bonchev–Trinajstić information content (AvgIpc) is 3.49. The van der Waals surface area contributed by atoms with Crippen LogP contribution in [0.4, 0.5) is 5.69 Å². The van der Waals surface area contributed by atoms with Crippen LogP contribution >= 0.6 is 0 Å². The molecule has 8 nitrogen and oxygen atoms in total. The molecule has 8 heteroatoms. The molecule has 1 aromatic heterocycles. The van der Waals surface area contributed by atoms with Crippen LogP contribution in [0.25, 0.3) is 0 Å². The maximum Gasteiger partial charge on any atom is 0.328 e. The van der Waals surface area contributed by atoms with Gasteiger partial charge >= 0.3 is 5.97 Å². The largest absolute Gasteiger partial charge is 0.476 e. The molecule has 0 unspecified atom stereocenters. The van der Waals surface area contributed by atoms with E-state index in [-0.39, 0.29) is 17.7 Å². The number of carbonyl (C=O) groups is 2. The number of esters is 1. The molecule has 0 aromatic carbocycles. The Morgan fingerprint density at radius 1 is 1.24 bits per heavy atom. The van der Waals surface area contributed by atoms with E-state index >= 15 is 0 Å². The Morgan fingerprint density at radius 3 is 2.55 bits per heavy atom. The second-order valence-corrected chi connectivity index (χ2v) is 8.22. The van der Waals surface area contributed by atoms with Crippen molar-refractivity contribution in [2.24, 2.45) is 11.8 Å². The van der Waals surface area contributed by atoms with Gasteiger partial charge in [-0.1, -0.05) is 13.8 Å². The fraction of sp³-hybridized carbons (Fsp3) is 0.667. The van der Waals surface area contributed by atoms with Crippen LogP contribution in [-0.2, 0) is 14.3 Å². The van der Waals surface area contributed by atoms with Gasteiger partial charge in [0.15, 0.2) is 0 Å². The monoisotopic (exact) mass is 405 g/mol. The van der Waals surface area contributed by atoms with E-state index in [2.05, 4.69) is 15.2 Å². The third-order valence-electron chi connectivity index (χ3n) is 5.25. The maximum absolute atomic E-state index is 12.8. The Kier molecular flexibility index (Phi) is 6.95. The average molecular weight is 405 g/mol. The second-order valence-electron chi connectivity index (χ2n) is 8.22. The molecule has 2 fully saturated rings. The van der Waals surface area contributed by atoms with Crippen LogP contribution in [0.15, 0.2) is 12.1 Å². The van der Waals surface area contributed by atoms with Crippen molar-refractivity contribution < 1.29 is 23.8 Å². The van der Waals surface area contributed by atoms with Crippen molar-refractivity contribution in [3.05, 3.63) is 17.8 Å².